The first-order chi connectivity index (χ1) is 9.74. The summed E-state index contributed by atoms with van der Waals surface area (Å²) in [6.07, 6.45) is 1.73. The molecule has 1 atom stereocenters. The third-order valence-electron chi connectivity index (χ3n) is 3.24. The molecule has 2 aromatic rings. The number of rotatable bonds is 3. The fourth-order valence-corrected chi connectivity index (χ4v) is 2.16. The maximum atomic E-state index is 10.6. The fraction of sp³-hybridized carbons (Fsp3) is 0.308. The summed E-state index contributed by atoms with van der Waals surface area (Å²) in [6, 6.07) is 6.45. The van der Waals surface area contributed by atoms with E-state index >= 15 is 0 Å². The van der Waals surface area contributed by atoms with Gasteiger partial charge in [-0.05, 0) is 12.1 Å². The first-order valence-corrected chi connectivity index (χ1v) is 6.35. The number of imidazole rings is 1. The molecule has 1 aliphatic rings. The van der Waals surface area contributed by atoms with Crippen molar-refractivity contribution in [2.75, 3.05) is 19.8 Å². The summed E-state index contributed by atoms with van der Waals surface area (Å²) >= 11 is 0. The molecule has 0 radical (unpaired) electrons. The second-order valence-electron chi connectivity index (χ2n) is 4.57. The van der Waals surface area contributed by atoms with E-state index in [1.165, 1.54) is 12.1 Å². The van der Waals surface area contributed by atoms with Crippen LogP contribution < -0.4 is 5.32 Å². The summed E-state index contributed by atoms with van der Waals surface area (Å²) in [6.45, 7) is 2.11. The molecule has 2 heterocycles. The van der Waals surface area contributed by atoms with Gasteiger partial charge in [0, 0.05) is 24.2 Å². The second-order valence-corrected chi connectivity index (χ2v) is 4.57. The van der Waals surface area contributed by atoms with Gasteiger partial charge in [0.25, 0.3) is 5.69 Å². The SMILES string of the molecule is O=[N+]([O-])c1ccc(-c2cnc(C3COCCN3)[nH]2)cc1. The quantitative estimate of drug-likeness (QED) is 0.655. The van der Waals surface area contributed by atoms with Crippen LogP contribution in [0.15, 0.2) is 30.5 Å². The van der Waals surface area contributed by atoms with Crippen LogP contribution in [-0.4, -0.2) is 34.6 Å². The molecule has 0 amide bonds. The molecule has 0 spiro atoms. The van der Waals surface area contributed by atoms with E-state index in [0.29, 0.717) is 13.2 Å². The number of benzene rings is 1. The molecule has 0 saturated carbocycles. The monoisotopic (exact) mass is 274 g/mol. The van der Waals surface area contributed by atoms with Crippen LogP contribution in [0.2, 0.25) is 0 Å². The third kappa shape index (κ3) is 2.54. The molecule has 1 aromatic carbocycles. The highest BCUT2D eigenvalue weighted by atomic mass is 16.6. The Kier molecular flexibility index (Phi) is 3.44. The normalized spacial score (nSPS) is 18.9. The Balaban J connectivity index is 1.80. The number of nitrogens with zero attached hydrogens (tertiary/aromatic N) is 2. The molecule has 7 nitrogen and oxygen atoms in total. The van der Waals surface area contributed by atoms with E-state index in [9.17, 15) is 10.1 Å². The van der Waals surface area contributed by atoms with Gasteiger partial charge in [-0.1, -0.05) is 0 Å². The first-order valence-electron chi connectivity index (χ1n) is 6.35. The number of hydrogen-bond donors (Lipinski definition) is 2. The van der Waals surface area contributed by atoms with Gasteiger partial charge < -0.3 is 15.0 Å². The maximum absolute atomic E-state index is 10.6. The van der Waals surface area contributed by atoms with Crippen molar-refractivity contribution in [3.05, 3.63) is 46.4 Å². The zero-order chi connectivity index (χ0) is 13.9. The van der Waals surface area contributed by atoms with Gasteiger partial charge in [0.05, 0.1) is 36.1 Å². The second kappa shape index (κ2) is 5.40. The van der Waals surface area contributed by atoms with Gasteiger partial charge in [-0.25, -0.2) is 4.98 Å². The van der Waals surface area contributed by atoms with Gasteiger partial charge >= 0.3 is 0 Å². The molecule has 1 saturated heterocycles. The van der Waals surface area contributed by atoms with Crippen LogP contribution in [0.5, 0.6) is 0 Å². The summed E-state index contributed by atoms with van der Waals surface area (Å²) in [4.78, 5) is 17.8. The van der Waals surface area contributed by atoms with Crippen LogP contribution in [-0.2, 0) is 4.74 Å². The van der Waals surface area contributed by atoms with Gasteiger partial charge in [0.1, 0.15) is 5.82 Å². The minimum Gasteiger partial charge on any atom is -0.378 e. The summed E-state index contributed by atoms with van der Waals surface area (Å²) in [7, 11) is 0. The van der Waals surface area contributed by atoms with E-state index in [1.54, 1.807) is 18.3 Å². The van der Waals surface area contributed by atoms with E-state index in [1.807, 2.05) is 0 Å². The molecule has 3 rings (SSSR count). The molecule has 1 fully saturated rings. The predicted molar refractivity (Wildman–Crippen MR) is 72.2 cm³/mol. The van der Waals surface area contributed by atoms with Crippen molar-refractivity contribution < 1.29 is 9.66 Å². The molecule has 20 heavy (non-hydrogen) atoms. The maximum Gasteiger partial charge on any atom is 0.269 e. The highest BCUT2D eigenvalue weighted by Gasteiger charge is 2.18. The molecule has 1 aromatic heterocycles. The number of ether oxygens (including phenoxy) is 1. The van der Waals surface area contributed by atoms with Crippen molar-refractivity contribution in [2.45, 2.75) is 6.04 Å². The van der Waals surface area contributed by atoms with Crippen LogP contribution in [0, 0.1) is 10.1 Å². The fourth-order valence-electron chi connectivity index (χ4n) is 2.16. The van der Waals surface area contributed by atoms with E-state index < -0.39 is 4.92 Å². The Morgan fingerprint density at radius 2 is 2.15 bits per heavy atom. The molecule has 0 bridgehead atoms. The third-order valence-corrected chi connectivity index (χ3v) is 3.24. The van der Waals surface area contributed by atoms with Gasteiger partial charge in [0.2, 0.25) is 0 Å². The van der Waals surface area contributed by atoms with E-state index in [0.717, 1.165) is 23.6 Å². The van der Waals surface area contributed by atoms with E-state index in [4.69, 9.17) is 4.74 Å². The van der Waals surface area contributed by atoms with Crippen LogP contribution >= 0.6 is 0 Å². The van der Waals surface area contributed by atoms with Crippen molar-refractivity contribution in [3.63, 3.8) is 0 Å². The average Bonchev–Trinajstić information content (AvgIpc) is 2.98. The first kappa shape index (κ1) is 12.8. The minimum absolute atomic E-state index is 0.0653. The Morgan fingerprint density at radius 3 is 2.80 bits per heavy atom. The average molecular weight is 274 g/mol. The van der Waals surface area contributed by atoms with Crippen LogP contribution in [0.4, 0.5) is 5.69 Å². The number of non-ortho nitro benzene ring substituents is 1. The summed E-state index contributed by atoms with van der Waals surface area (Å²) in [5.74, 6) is 0.818. The van der Waals surface area contributed by atoms with Gasteiger partial charge in [-0.2, -0.15) is 0 Å². The van der Waals surface area contributed by atoms with Gasteiger partial charge in [-0.3, -0.25) is 10.1 Å². The molecule has 2 N–H and O–H groups in total. The number of nitro groups is 1. The number of aromatic nitrogens is 2. The number of hydrogen-bond acceptors (Lipinski definition) is 5. The molecule has 1 unspecified atom stereocenters. The molecule has 104 valence electrons. The van der Waals surface area contributed by atoms with Crippen molar-refractivity contribution >= 4 is 5.69 Å². The summed E-state index contributed by atoms with van der Waals surface area (Å²) in [5, 5.41) is 13.9. The Bertz CT molecular complexity index is 602. The highest BCUT2D eigenvalue weighted by Crippen LogP contribution is 2.22. The van der Waals surface area contributed by atoms with Crippen LogP contribution in [0.1, 0.15) is 11.9 Å². The van der Waals surface area contributed by atoms with Crippen molar-refractivity contribution in [3.8, 4) is 11.3 Å². The van der Waals surface area contributed by atoms with E-state index in [2.05, 4.69) is 15.3 Å². The van der Waals surface area contributed by atoms with Gasteiger partial charge in [-0.15, -0.1) is 0 Å². The number of nitrogens with one attached hydrogen (secondary N) is 2. The lowest BCUT2D eigenvalue weighted by Crippen LogP contribution is -2.35. The summed E-state index contributed by atoms with van der Waals surface area (Å²) in [5.41, 5.74) is 1.78. The molecular formula is C13H14N4O3. The Labute approximate surface area is 115 Å². The summed E-state index contributed by atoms with van der Waals surface area (Å²) < 4.78 is 5.40. The smallest absolute Gasteiger partial charge is 0.269 e. The lowest BCUT2D eigenvalue weighted by Gasteiger charge is -2.21. The Morgan fingerprint density at radius 1 is 1.35 bits per heavy atom. The lowest BCUT2D eigenvalue weighted by molar-refractivity contribution is -0.384. The number of H-pyrrole nitrogens is 1. The van der Waals surface area contributed by atoms with Crippen molar-refractivity contribution in [1.29, 1.82) is 0 Å². The largest absolute Gasteiger partial charge is 0.378 e. The molecule has 0 aliphatic carbocycles. The minimum atomic E-state index is -0.411. The van der Waals surface area contributed by atoms with Crippen molar-refractivity contribution in [1.82, 2.24) is 15.3 Å². The van der Waals surface area contributed by atoms with Crippen LogP contribution in [0.3, 0.4) is 0 Å². The molecular weight excluding hydrogens is 260 g/mol. The predicted octanol–water partition coefficient (Wildman–Crippen LogP) is 1.65. The molecule has 1 aliphatic heterocycles. The van der Waals surface area contributed by atoms with E-state index in [-0.39, 0.29) is 11.7 Å². The Hall–Kier alpha value is -2.25. The standard InChI is InChI=1S/C13H14N4O3/c18-17(19)10-3-1-9(2-4-10)11-7-15-13(16-11)12-8-20-6-5-14-12/h1-4,7,12,14H,5-6,8H2,(H,15,16). The van der Waals surface area contributed by atoms with Crippen LogP contribution in [0.25, 0.3) is 11.3 Å². The number of nitro benzene ring substituents is 1. The zero-order valence-corrected chi connectivity index (χ0v) is 10.7. The highest BCUT2D eigenvalue weighted by molar-refractivity contribution is 5.60. The lowest BCUT2D eigenvalue weighted by atomic mass is 10.1. The zero-order valence-electron chi connectivity index (χ0n) is 10.7. The number of morpholine rings is 1. The number of aromatic amines is 1. The van der Waals surface area contributed by atoms with Gasteiger partial charge in [0.15, 0.2) is 0 Å². The van der Waals surface area contributed by atoms with Crippen molar-refractivity contribution in [2.24, 2.45) is 0 Å². The molecule has 7 heteroatoms. The topological polar surface area (TPSA) is 93.1 Å².